The predicted molar refractivity (Wildman–Crippen MR) is 86.6 cm³/mol. The Morgan fingerprint density at radius 3 is 3.09 bits per heavy atom. The van der Waals surface area contributed by atoms with E-state index in [0.29, 0.717) is 29.8 Å². The van der Waals surface area contributed by atoms with Crippen LogP contribution < -0.4 is 5.69 Å². The lowest BCUT2D eigenvalue weighted by Crippen LogP contribution is -2.31. The van der Waals surface area contributed by atoms with Crippen molar-refractivity contribution < 1.29 is 4.79 Å². The van der Waals surface area contributed by atoms with Crippen LogP contribution in [0.2, 0.25) is 0 Å². The first-order valence-corrected chi connectivity index (χ1v) is 8.29. The lowest BCUT2D eigenvalue weighted by molar-refractivity contribution is 0.0788. The van der Waals surface area contributed by atoms with E-state index in [9.17, 15) is 9.59 Å². The van der Waals surface area contributed by atoms with Crippen molar-refractivity contribution in [2.24, 2.45) is 7.05 Å². The first-order chi connectivity index (χ1) is 11.2. The van der Waals surface area contributed by atoms with E-state index in [0.717, 1.165) is 6.42 Å². The van der Waals surface area contributed by atoms with Crippen molar-refractivity contribution in [1.29, 1.82) is 0 Å². The van der Waals surface area contributed by atoms with Gasteiger partial charge < -0.3 is 4.90 Å². The Balaban J connectivity index is 1.67. The zero-order valence-electron chi connectivity index (χ0n) is 12.5. The summed E-state index contributed by atoms with van der Waals surface area (Å²) in [5.41, 5.74) is 1.93. The molecule has 3 aromatic heterocycles. The van der Waals surface area contributed by atoms with E-state index in [-0.39, 0.29) is 17.6 Å². The van der Waals surface area contributed by atoms with Crippen LogP contribution in [0, 0.1) is 0 Å². The predicted octanol–water partition coefficient (Wildman–Crippen LogP) is 1.28. The highest BCUT2D eigenvalue weighted by Gasteiger charge is 2.31. The molecule has 0 spiro atoms. The van der Waals surface area contributed by atoms with Crippen molar-refractivity contribution in [3.8, 4) is 0 Å². The van der Waals surface area contributed by atoms with Crippen molar-refractivity contribution in [2.75, 3.05) is 13.1 Å². The molecule has 7 nitrogen and oxygen atoms in total. The number of likely N-dealkylation sites (tertiary alicyclic amines) is 1. The molecule has 0 aromatic carbocycles. The minimum atomic E-state index is -0.115. The number of carbonyl (C=O) groups is 1. The Hall–Kier alpha value is -2.48. The molecule has 1 aliphatic heterocycles. The summed E-state index contributed by atoms with van der Waals surface area (Å²) in [6.07, 6.45) is 3.84. The number of amides is 1. The van der Waals surface area contributed by atoms with Gasteiger partial charge in [0.15, 0.2) is 5.65 Å². The second-order valence-corrected chi connectivity index (χ2v) is 6.43. The molecular weight excluding hydrogens is 314 g/mol. The largest absolute Gasteiger partial charge is 0.336 e. The first-order valence-electron chi connectivity index (χ1n) is 7.35. The third-order valence-corrected chi connectivity index (χ3v) is 5.02. The van der Waals surface area contributed by atoms with Gasteiger partial charge in [-0.05, 0) is 17.9 Å². The van der Waals surface area contributed by atoms with Crippen LogP contribution in [-0.4, -0.2) is 43.0 Å². The summed E-state index contributed by atoms with van der Waals surface area (Å²) >= 11 is 1.51. The SMILES string of the molecule is Cn1c(=O)n([C@@H]2CCN(C(=O)c3ccsc3)C2)c2ncncc21. The minimum absolute atomic E-state index is 0.0247. The second kappa shape index (κ2) is 5.31. The molecule has 3 aromatic rings. The Kier molecular flexibility index (Phi) is 3.26. The molecule has 8 heteroatoms. The van der Waals surface area contributed by atoms with E-state index in [2.05, 4.69) is 9.97 Å². The Morgan fingerprint density at radius 2 is 2.30 bits per heavy atom. The monoisotopic (exact) mass is 329 g/mol. The normalized spacial score (nSPS) is 18.0. The molecule has 0 bridgehead atoms. The summed E-state index contributed by atoms with van der Waals surface area (Å²) < 4.78 is 3.25. The van der Waals surface area contributed by atoms with Gasteiger partial charge >= 0.3 is 5.69 Å². The Morgan fingerprint density at radius 1 is 1.43 bits per heavy atom. The molecule has 1 atom stereocenters. The molecule has 4 rings (SSSR count). The highest BCUT2D eigenvalue weighted by atomic mass is 32.1. The fourth-order valence-electron chi connectivity index (χ4n) is 3.13. The number of rotatable bonds is 2. The van der Waals surface area contributed by atoms with Crippen LogP contribution in [0.25, 0.3) is 11.2 Å². The number of aromatic nitrogens is 4. The van der Waals surface area contributed by atoms with Crippen molar-refractivity contribution in [1.82, 2.24) is 24.0 Å². The van der Waals surface area contributed by atoms with Gasteiger partial charge in [0.25, 0.3) is 5.91 Å². The van der Waals surface area contributed by atoms with Gasteiger partial charge in [-0.1, -0.05) is 0 Å². The third-order valence-electron chi connectivity index (χ3n) is 4.34. The quantitative estimate of drug-likeness (QED) is 0.710. The van der Waals surface area contributed by atoms with Crippen molar-refractivity contribution in [3.05, 3.63) is 45.4 Å². The molecule has 1 fully saturated rings. The maximum absolute atomic E-state index is 12.5. The summed E-state index contributed by atoms with van der Waals surface area (Å²) in [6, 6.07) is 1.78. The van der Waals surface area contributed by atoms with E-state index in [4.69, 9.17) is 0 Å². The highest BCUT2D eigenvalue weighted by molar-refractivity contribution is 7.08. The van der Waals surface area contributed by atoms with Crippen LogP contribution in [0.15, 0.2) is 34.1 Å². The van der Waals surface area contributed by atoms with E-state index < -0.39 is 0 Å². The van der Waals surface area contributed by atoms with Crippen molar-refractivity contribution in [3.63, 3.8) is 0 Å². The van der Waals surface area contributed by atoms with Crippen LogP contribution in [0.5, 0.6) is 0 Å². The summed E-state index contributed by atoms with van der Waals surface area (Å²) in [7, 11) is 1.72. The standard InChI is InChI=1S/C15H15N5O2S/c1-18-12-6-16-9-17-13(12)20(15(18)22)11-2-4-19(7-11)14(21)10-3-5-23-8-10/h3,5-6,8-9,11H,2,4,7H2,1H3/t11-/m1/s1. The van der Waals surface area contributed by atoms with Crippen molar-refractivity contribution in [2.45, 2.75) is 12.5 Å². The number of aryl methyl sites for hydroxylation is 1. The van der Waals surface area contributed by atoms with Gasteiger partial charge in [0, 0.05) is 25.5 Å². The number of carbonyl (C=O) groups excluding carboxylic acids is 1. The zero-order valence-corrected chi connectivity index (χ0v) is 13.4. The summed E-state index contributed by atoms with van der Waals surface area (Å²) in [6.45, 7) is 1.17. The average molecular weight is 329 g/mol. The molecular formula is C15H15N5O2S. The fraction of sp³-hybridized carbons (Fsp3) is 0.333. The maximum Gasteiger partial charge on any atom is 0.330 e. The number of fused-ring (bicyclic) bond motifs is 1. The Labute approximate surface area is 135 Å². The van der Waals surface area contributed by atoms with Crippen LogP contribution in [0.1, 0.15) is 22.8 Å². The molecule has 4 heterocycles. The topological polar surface area (TPSA) is 73.0 Å². The number of hydrogen-bond donors (Lipinski definition) is 0. The molecule has 0 unspecified atom stereocenters. The lowest BCUT2D eigenvalue weighted by atomic mass is 10.2. The molecule has 0 N–H and O–H groups in total. The number of imidazole rings is 1. The van der Waals surface area contributed by atoms with Gasteiger partial charge in [-0.15, -0.1) is 0 Å². The number of hydrogen-bond acceptors (Lipinski definition) is 5. The van der Waals surface area contributed by atoms with Gasteiger partial charge in [0.1, 0.15) is 11.8 Å². The maximum atomic E-state index is 12.5. The van der Waals surface area contributed by atoms with Crippen LogP contribution >= 0.6 is 11.3 Å². The van der Waals surface area contributed by atoms with Crippen LogP contribution in [0.4, 0.5) is 0 Å². The molecule has 0 aliphatic carbocycles. The molecule has 118 valence electrons. The molecule has 23 heavy (non-hydrogen) atoms. The van der Waals surface area contributed by atoms with Crippen molar-refractivity contribution >= 4 is 28.4 Å². The van der Waals surface area contributed by atoms with Gasteiger partial charge in [0.05, 0.1) is 17.8 Å². The molecule has 0 radical (unpaired) electrons. The number of nitrogens with zero attached hydrogens (tertiary/aromatic N) is 5. The smallest absolute Gasteiger partial charge is 0.330 e. The minimum Gasteiger partial charge on any atom is -0.336 e. The van der Waals surface area contributed by atoms with Gasteiger partial charge in [0.2, 0.25) is 0 Å². The lowest BCUT2D eigenvalue weighted by Gasteiger charge is -2.16. The van der Waals surface area contributed by atoms with Crippen LogP contribution in [0.3, 0.4) is 0 Å². The van der Waals surface area contributed by atoms with Gasteiger partial charge in [-0.25, -0.2) is 14.8 Å². The van der Waals surface area contributed by atoms with E-state index >= 15 is 0 Å². The summed E-state index contributed by atoms with van der Waals surface area (Å²) in [5, 5.41) is 3.75. The molecule has 1 aliphatic rings. The number of thiophene rings is 1. The van der Waals surface area contributed by atoms with E-state index in [1.54, 1.807) is 27.3 Å². The Bertz CT molecular complexity index is 927. The van der Waals surface area contributed by atoms with Gasteiger partial charge in [-0.3, -0.25) is 13.9 Å². The molecule has 1 saturated heterocycles. The average Bonchev–Trinajstić information content (AvgIpc) is 3.29. The van der Waals surface area contributed by atoms with E-state index in [1.165, 1.54) is 17.7 Å². The second-order valence-electron chi connectivity index (χ2n) is 5.65. The summed E-state index contributed by atoms with van der Waals surface area (Å²) in [5.74, 6) is 0.0247. The van der Waals surface area contributed by atoms with Gasteiger partial charge in [-0.2, -0.15) is 11.3 Å². The van der Waals surface area contributed by atoms with Crippen LogP contribution in [-0.2, 0) is 7.05 Å². The zero-order chi connectivity index (χ0) is 16.0. The molecule has 0 saturated carbocycles. The molecule has 1 amide bonds. The fourth-order valence-corrected chi connectivity index (χ4v) is 3.76. The highest BCUT2D eigenvalue weighted by Crippen LogP contribution is 2.25. The summed E-state index contributed by atoms with van der Waals surface area (Å²) in [4.78, 5) is 35.0. The van der Waals surface area contributed by atoms with E-state index in [1.807, 2.05) is 16.8 Å². The third kappa shape index (κ3) is 2.17. The first kappa shape index (κ1) is 14.1.